The summed E-state index contributed by atoms with van der Waals surface area (Å²) in [6.07, 6.45) is 2.16. The second kappa shape index (κ2) is 10.4. The summed E-state index contributed by atoms with van der Waals surface area (Å²) in [5.74, 6) is -0.122. The topological polar surface area (TPSA) is 84.6 Å². The van der Waals surface area contributed by atoms with Crippen LogP contribution in [0.2, 0.25) is 0 Å². The molecule has 1 rings (SSSR count). The number of hydrogen-bond acceptors (Lipinski definition) is 4. The van der Waals surface area contributed by atoms with Crippen LogP contribution in [0.4, 0.5) is 0 Å². The molecule has 112 valence electrons. The normalized spacial score (nSPS) is 12.1. The average molecular weight is 280 g/mol. The fourth-order valence-electron chi connectivity index (χ4n) is 1.78. The molecule has 1 atom stereocenters. The number of amides is 1. The third-order valence-corrected chi connectivity index (χ3v) is 2.92. The average Bonchev–Trinajstić information content (AvgIpc) is 2.49. The fraction of sp³-hybridized carbons (Fsp3) is 0.533. The van der Waals surface area contributed by atoms with Gasteiger partial charge in [0.1, 0.15) is 0 Å². The van der Waals surface area contributed by atoms with E-state index in [2.05, 4.69) is 5.32 Å². The summed E-state index contributed by atoms with van der Waals surface area (Å²) in [6.45, 7) is 1.44. The minimum absolute atomic E-state index is 0.0245. The Labute approximate surface area is 120 Å². The molecular weight excluding hydrogens is 256 g/mol. The Bertz CT molecular complexity index is 371. The van der Waals surface area contributed by atoms with Gasteiger partial charge in [0.25, 0.3) is 0 Å². The van der Waals surface area contributed by atoms with Gasteiger partial charge in [-0.1, -0.05) is 30.3 Å². The maximum absolute atomic E-state index is 11.7. The lowest BCUT2D eigenvalue weighted by molar-refractivity contribution is -0.122. The van der Waals surface area contributed by atoms with Gasteiger partial charge in [0.2, 0.25) is 5.91 Å². The molecule has 0 aliphatic carbocycles. The number of aliphatic hydroxyl groups is 1. The smallest absolute Gasteiger partial charge is 0.236 e. The standard InChI is InChI=1S/C15H24N2O3/c16-14(8-7-13-5-2-1-3-6-13)15(19)17-9-4-11-20-12-10-18/h1-3,5-6,14,18H,4,7-12,16H2,(H,17,19). The molecule has 5 heteroatoms. The minimum Gasteiger partial charge on any atom is -0.394 e. The Kier molecular flexibility index (Phi) is 8.62. The van der Waals surface area contributed by atoms with Crippen LogP contribution in [0.15, 0.2) is 30.3 Å². The summed E-state index contributed by atoms with van der Waals surface area (Å²) < 4.78 is 5.10. The lowest BCUT2D eigenvalue weighted by Crippen LogP contribution is -2.41. The molecule has 0 radical (unpaired) electrons. The SMILES string of the molecule is NC(CCc1ccccc1)C(=O)NCCCOCCO. The number of benzene rings is 1. The first-order valence-corrected chi connectivity index (χ1v) is 7.00. The van der Waals surface area contributed by atoms with Crippen LogP contribution in [0.5, 0.6) is 0 Å². The number of carbonyl (C=O) groups excluding carboxylic acids is 1. The summed E-state index contributed by atoms with van der Waals surface area (Å²) >= 11 is 0. The highest BCUT2D eigenvalue weighted by molar-refractivity contribution is 5.81. The van der Waals surface area contributed by atoms with E-state index in [0.29, 0.717) is 26.2 Å². The fourth-order valence-corrected chi connectivity index (χ4v) is 1.78. The van der Waals surface area contributed by atoms with Gasteiger partial charge < -0.3 is 20.9 Å². The second-order valence-corrected chi connectivity index (χ2v) is 4.61. The second-order valence-electron chi connectivity index (χ2n) is 4.61. The molecule has 1 amide bonds. The van der Waals surface area contributed by atoms with Crippen LogP contribution in [0.25, 0.3) is 0 Å². The Morgan fingerprint density at radius 2 is 2.05 bits per heavy atom. The van der Waals surface area contributed by atoms with E-state index in [1.165, 1.54) is 5.56 Å². The van der Waals surface area contributed by atoms with Gasteiger partial charge in [-0.25, -0.2) is 0 Å². The van der Waals surface area contributed by atoms with Crippen LogP contribution < -0.4 is 11.1 Å². The zero-order chi connectivity index (χ0) is 14.6. The first kappa shape index (κ1) is 16.6. The Morgan fingerprint density at radius 1 is 1.30 bits per heavy atom. The maximum Gasteiger partial charge on any atom is 0.236 e. The van der Waals surface area contributed by atoms with Gasteiger partial charge >= 0.3 is 0 Å². The van der Waals surface area contributed by atoms with E-state index in [1.807, 2.05) is 30.3 Å². The Hall–Kier alpha value is -1.43. The molecule has 1 aromatic rings. The van der Waals surface area contributed by atoms with Crippen molar-refractivity contribution in [1.82, 2.24) is 5.32 Å². The van der Waals surface area contributed by atoms with Crippen molar-refractivity contribution in [2.24, 2.45) is 5.73 Å². The first-order valence-electron chi connectivity index (χ1n) is 7.00. The molecule has 4 N–H and O–H groups in total. The zero-order valence-electron chi connectivity index (χ0n) is 11.8. The quantitative estimate of drug-likeness (QED) is 0.544. The van der Waals surface area contributed by atoms with Crippen LogP contribution in [0, 0.1) is 0 Å². The number of carbonyl (C=O) groups is 1. The molecule has 0 saturated heterocycles. The van der Waals surface area contributed by atoms with Crippen molar-refractivity contribution in [3.05, 3.63) is 35.9 Å². The molecule has 5 nitrogen and oxygen atoms in total. The highest BCUT2D eigenvalue weighted by Crippen LogP contribution is 2.04. The molecular formula is C15H24N2O3. The minimum atomic E-state index is -0.478. The summed E-state index contributed by atoms with van der Waals surface area (Å²) in [7, 11) is 0. The number of rotatable bonds is 10. The van der Waals surface area contributed by atoms with E-state index >= 15 is 0 Å². The highest BCUT2D eigenvalue weighted by Gasteiger charge is 2.12. The van der Waals surface area contributed by atoms with Crippen LogP contribution in [0.3, 0.4) is 0 Å². The van der Waals surface area contributed by atoms with Crippen molar-refractivity contribution in [3.63, 3.8) is 0 Å². The van der Waals surface area contributed by atoms with E-state index in [1.54, 1.807) is 0 Å². The van der Waals surface area contributed by atoms with Gasteiger partial charge in [-0.3, -0.25) is 4.79 Å². The maximum atomic E-state index is 11.7. The summed E-state index contributed by atoms with van der Waals surface area (Å²) in [4.78, 5) is 11.7. The number of aliphatic hydroxyl groups excluding tert-OH is 1. The summed E-state index contributed by atoms with van der Waals surface area (Å²) in [5, 5.41) is 11.3. The molecule has 0 fully saturated rings. The largest absolute Gasteiger partial charge is 0.394 e. The molecule has 20 heavy (non-hydrogen) atoms. The van der Waals surface area contributed by atoms with Crippen LogP contribution >= 0.6 is 0 Å². The number of nitrogens with one attached hydrogen (secondary N) is 1. The molecule has 1 aromatic carbocycles. The van der Waals surface area contributed by atoms with E-state index in [-0.39, 0.29) is 12.5 Å². The monoisotopic (exact) mass is 280 g/mol. The number of nitrogens with two attached hydrogens (primary N) is 1. The molecule has 0 aliphatic heterocycles. The van der Waals surface area contributed by atoms with E-state index < -0.39 is 6.04 Å². The predicted octanol–water partition coefficient (Wildman–Crippen LogP) is 0.462. The highest BCUT2D eigenvalue weighted by atomic mass is 16.5. The van der Waals surface area contributed by atoms with Gasteiger partial charge in [-0.05, 0) is 24.8 Å². The molecule has 0 bridgehead atoms. The van der Waals surface area contributed by atoms with Crippen molar-refractivity contribution in [2.45, 2.75) is 25.3 Å². The van der Waals surface area contributed by atoms with Crippen molar-refractivity contribution < 1.29 is 14.6 Å². The van der Waals surface area contributed by atoms with Gasteiger partial charge in [-0.2, -0.15) is 0 Å². The molecule has 0 spiro atoms. The molecule has 1 unspecified atom stereocenters. The summed E-state index contributed by atoms with van der Waals surface area (Å²) in [6, 6.07) is 9.51. The van der Waals surface area contributed by atoms with E-state index in [9.17, 15) is 4.79 Å². The number of aryl methyl sites for hydroxylation is 1. The lowest BCUT2D eigenvalue weighted by Gasteiger charge is -2.12. The van der Waals surface area contributed by atoms with Crippen molar-refractivity contribution in [2.75, 3.05) is 26.4 Å². The molecule has 0 aliphatic rings. The van der Waals surface area contributed by atoms with E-state index in [4.69, 9.17) is 15.6 Å². The first-order chi connectivity index (χ1) is 9.74. The van der Waals surface area contributed by atoms with Crippen molar-refractivity contribution >= 4 is 5.91 Å². The lowest BCUT2D eigenvalue weighted by atomic mass is 10.1. The third-order valence-electron chi connectivity index (χ3n) is 2.92. The van der Waals surface area contributed by atoms with Crippen molar-refractivity contribution in [1.29, 1.82) is 0 Å². The molecule has 0 aromatic heterocycles. The molecule has 0 heterocycles. The van der Waals surface area contributed by atoms with Gasteiger partial charge in [0.15, 0.2) is 0 Å². The number of hydrogen-bond donors (Lipinski definition) is 3. The summed E-state index contributed by atoms with van der Waals surface area (Å²) in [5.41, 5.74) is 7.04. The zero-order valence-corrected chi connectivity index (χ0v) is 11.8. The van der Waals surface area contributed by atoms with Gasteiger partial charge in [-0.15, -0.1) is 0 Å². The Balaban J connectivity index is 2.10. The van der Waals surface area contributed by atoms with Crippen molar-refractivity contribution in [3.8, 4) is 0 Å². The Morgan fingerprint density at radius 3 is 2.75 bits per heavy atom. The number of ether oxygens (including phenoxy) is 1. The van der Waals surface area contributed by atoms with E-state index in [0.717, 1.165) is 12.8 Å². The third kappa shape index (κ3) is 7.23. The van der Waals surface area contributed by atoms with Crippen LogP contribution in [-0.2, 0) is 16.0 Å². The van der Waals surface area contributed by atoms with Crippen LogP contribution in [-0.4, -0.2) is 43.4 Å². The van der Waals surface area contributed by atoms with Gasteiger partial charge in [0.05, 0.1) is 19.3 Å². The predicted molar refractivity (Wildman–Crippen MR) is 78.3 cm³/mol. The van der Waals surface area contributed by atoms with Crippen LogP contribution in [0.1, 0.15) is 18.4 Å². The molecule has 0 saturated carbocycles. The van der Waals surface area contributed by atoms with Gasteiger partial charge in [0, 0.05) is 13.2 Å².